The third kappa shape index (κ3) is 5.19. The first kappa shape index (κ1) is 25.6. The van der Waals surface area contributed by atoms with Crippen molar-refractivity contribution in [1.29, 1.82) is 0 Å². The van der Waals surface area contributed by atoms with E-state index in [1.807, 2.05) is 37.3 Å². The van der Waals surface area contributed by atoms with Gasteiger partial charge in [-0.1, -0.05) is 48.1 Å². The third-order valence-electron chi connectivity index (χ3n) is 7.10. The molecule has 0 spiro atoms. The first-order chi connectivity index (χ1) is 17.7. The molecule has 4 aromatic rings. The molecule has 1 amide bonds. The number of rotatable bonds is 6. The Morgan fingerprint density at radius 1 is 1.03 bits per heavy atom. The molecule has 0 saturated carbocycles. The number of nitrogens with zero attached hydrogens (tertiary/aromatic N) is 3. The second-order valence-corrected chi connectivity index (χ2v) is 12.7. The molecule has 0 radical (unpaired) electrons. The summed E-state index contributed by atoms with van der Waals surface area (Å²) in [5.41, 5.74) is 4.62. The van der Waals surface area contributed by atoms with Crippen LogP contribution in [0.15, 0.2) is 71.6 Å². The Kier molecular flexibility index (Phi) is 7.16. The van der Waals surface area contributed by atoms with Gasteiger partial charge in [0.15, 0.2) is 5.13 Å². The average Bonchev–Trinajstić information content (AvgIpc) is 3.30. The van der Waals surface area contributed by atoms with Crippen LogP contribution in [-0.2, 0) is 16.6 Å². The summed E-state index contributed by atoms with van der Waals surface area (Å²) in [6.07, 6.45) is 2.78. The van der Waals surface area contributed by atoms with E-state index in [2.05, 4.69) is 26.0 Å². The molecule has 1 atom stereocenters. The monoisotopic (exact) mass is 533 g/mol. The van der Waals surface area contributed by atoms with Crippen LogP contribution in [0.4, 0.5) is 5.13 Å². The molecule has 3 aromatic carbocycles. The number of carbonyl (C=O) groups is 1. The van der Waals surface area contributed by atoms with Gasteiger partial charge < -0.3 is 0 Å². The van der Waals surface area contributed by atoms with E-state index >= 15 is 0 Å². The second kappa shape index (κ2) is 10.4. The zero-order valence-electron chi connectivity index (χ0n) is 21.3. The fourth-order valence-electron chi connectivity index (χ4n) is 4.77. The number of aromatic nitrogens is 1. The number of sulfonamides is 1. The molecule has 1 fully saturated rings. The standard InChI is InChI=1S/C29H31N3O3S2/c1-20-17-26-27(18-21(20)2)36-29(30-26)31(19-23-10-5-4-6-11-23)28(33)24-12-14-25(15-13-24)37(34,35)32-16-8-7-9-22(32)3/h4-6,10-15,17-18,22H,7-9,16,19H2,1-3H3. The van der Waals surface area contributed by atoms with Gasteiger partial charge in [-0.15, -0.1) is 0 Å². The van der Waals surface area contributed by atoms with Crippen LogP contribution in [0.2, 0.25) is 0 Å². The van der Waals surface area contributed by atoms with Gasteiger partial charge in [-0.25, -0.2) is 13.4 Å². The van der Waals surface area contributed by atoms with Crippen LogP contribution in [-0.4, -0.2) is 36.2 Å². The van der Waals surface area contributed by atoms with Crippen LogP contribution < -0.4 is 4.90 Å². The Labute approximate surface area is 222 Å². The topological polar surface area (TPSA) is 70.6 Å². The summed E-state index contributed by atoms with van der Waals surface area (Å²) in [5.74, 6) is -0.216. The van der Waals surface area contributed by atoms with E-state index < -0.39 is 10.0 Å². The molecule has 1 saturated heterocycles. The van der Waals surface area contributed by atoms with Crippen LogP contribution in [0.1, 0.15) is 53.2 Å². The summed E-state index contributed by atoms with van der Waals surface area (Å²) in [5, 5.41) is 0.618. The van der Waals surface area contributed by atoms with Crippen molar-refractivity contribution in [3.63, 3.8) is 0 Å². The highest BCUT2D eigenvalue weighted by Gasteiger charge is 2.31. The Morgan fingerprint density at radius 3 is 2.43 bits per heavy atom. The van der Waals surface area contributed by atoms with Gasteiger partial charge in [0.05, 0.1) is 21.7 Å². The van der Waals surface area contributed by atoms with Gasteiger partial charge in [0.2, 0.25) is 10.0 Å². The van der Waals surface area contributed by atoms with Gasteiger partial charge in [0.1, 0.15) is 0 Å². The number of aryl methyl sites for hydroxylation is 2. The van der Waals surface area contributed by atoms with Crippen molar-refractivity contribution < 1.29 is 13.2 Å². The molecule has 0 bridgehead atoms. The maximum Gasteiger partial charge on any atom is 0.260 e. The van der Waals surface area contributed by atoms with Crippen molar-refractivity contribution in [2.45, 2.75) is 57.5 Å². The van der Waals surface area contributed by atoms with E-state index in [1.165, 1.54) is 16.9 Å². The molecule has 5 rings (SSSR count). The van der Waals surface area contributed by atoms with Crippen molar-refractivity contribution in [2.75, 3.05) is 11.4 Å². The lowest BCUT2D eigenvalue weighted by molar-refractivity contribution is 0.0985. The van der Waals surface area contributed by atoms with Gasteiger partial charge in [-0.2, -0.15) is 4.31 Å². The maximum atomic E-state index is 13.8. The summed E-state index contributed by atoms with van der Waals surface area (Å²) >= 11 is 1.49. The predicted octanol–water partition coefficient (Wildman–Crippen LogP) is 6.32. The number of piperidine rings is 1. The first-order valence-electron chi connectivity index (χ1n) is 12.6. The smallest absolute Gasteiger partial charge is 0.260 e. The molecule has 192 valence electrons. The van der Waals surface area contributed by atoms with E-state index in [9.17, 15) is 13.2 Å². The molecular weight excluding hydrogens is 502 g/mol. The highest BCUT2D eigenvalue weighted by molar-refractivity contribution is 7.89. The third-order valence-corrected chi connectivity index (χ3v) is 10.2. The number of amides is 1. The predicted molar refractivity (Wildman–Crippen MR) is 150 cm³/mol. The van der Waals surface area contributed by atoms with Gasteiger partial charge in [-0.3, -0.25) is 9.69 Å². The number of fused-ring (bicyclic) bond motifs is 1. The number of hydrogen-bond acceptors (Lipinski definition) is 5. The van der Waals surface area contributed by atoms with Crippen molar-refractivity contribution in [2.24, 2.45) is 0 Å². The summed E-state index contributed by atoms with van der Waals surface area (Å²) in [7, 11) is -3.60. The van der Waals surface area contributed by atoms with Crippen molar-refractivity contribution in [3.05, 3.63) is 89.0 Å². The molecule has 37 heavy (non-hydrogen) atoms. The minimum absolute atomic E-state index is 0.0206. The zero-order valence-corrected chi connectivity index (χ0v) is 23.0. The summed E-state index contributed by atoms with van der Waals surface area (Å²) in [6.45, 7) is 6.98. The van der Waals surface area contributed by atoms with Crippen LogP contribution in [0.25, 0.3) is 10.2 Å². The van der Waals surface area contributed by atoms with Gasteiger partial charge in [0, 0.05) is 18.2 Å². The number of benzene rings is 3. The SMILES string of the molecule is Cc1cc2nc(N(Cc3ccccc3)C(=O)c3ccc(S(=O)(=O)N4CCCCC4C)cc3)sc2cc1C. The minimum atomic E-state index is -3.60. The molecule has 1 aromatic heterocycles. The fraction of sp³-hybridized carbons (Fsp3) is 0.310. The molecule has 8 heteroatoms. The summed E-state index contributed by atoms with van der Waals surface area (Å²) in [4.78, 5) is 20.5. The van der Waals surface area contributed by atoms with Crippen LogP contribution >= 0.6 is 11.3 Å². The molecule has 6 nitrogen and oxygen atoms in total. The number of hydrogen-bond donors (Lipinski definition) is 0. The van der Waals surface area contributed by atoms with E-state index in [4.69, 9.17) is 4.98 Å². The van der Waals surface area contributed by atoms with Gasteiger partial charge in [0.25, 0.3) is 5.91 Å². The molecule has 0 N–H and O–H groups in total. The molecule has 2 heterocycles. The lowest BCUT2D eigenvalue weighted by Gasteiger charge is -2.32. The Hall–Kier alpha value is -3.07. The lowest BCUT2D eigenvalue weighted by atomic mass is 10.1. The minimum Gasteiger partial charge on any atom is -0.279 e. The molecule has 0 aliphatic carbocycles. The van der Waals surface area contributed by atoms with Crippen molar-refractivity contribution >= 4 is 42.6 Å². The fourth-order valence-corrected chi connectivity index (χ4v) is 7.51. The molecule has 1 unspecified atom stereocenters. The van der Waals surface area contributed by atoms with E-state index in [-0.39, 0.29) is 16.8 Å². The molecular formula is C29H31N3O3S2. The summed E-state index contributed by atoms with van der Waals surface area (Å²) < 4.78 is 29.1. The van der Waals surface area contributed by atoms with Crippen LogP contribution in [0.3, 0.4) is 0 Å². The highest BCUT2D eigenvalue weighted by Crippen LogP contribution is 2.33. The normalized spacial score (nSPS) is 16.7. The van der Waals surface area contributed by atoms with Crippen molar-refractivity contribution in [3.8, 4) is 0 Å². The largest absolute Gasteiger partial charge is 0.279 e. The summed E-state index contributed by atoms with van der Waals surface area (Å²) in [6, 6.07) is 20.3. The Bertz CT molecular complexity index is 1490. The maximum absolute atomic E-state index is 13.8. The van der Waals surface area contributed by atoms with Crippen molar-refractivity contribution in [1.82, 2.24) is 9.29 Å². The second-order valence-electron chi connectivity index (χ2n) is 9.76. The Morgan fingerprint density at radius 2 is 1.73 bits per heavy atom. The highest BCUT2D eigenvalue weighted by atomic mass is 32.2. The number of thiazole rings is 1. The van der Waals surface area contributed by atoms with E-state index in [1.54, 1.807) is 33.5 Å². The van der Waals surface area contributed by atoms with Crippen LogP contribution in [0.5, 0.6) is 0 Å². The number of carbonyl (C=O) groups excluding carboxylic acids is 1. The number of anilines is 1. The van der Waals surface area contributed by atoms with Crippen LogP contribution in [0, 0.1) is 13.8 Å². The van der Waals surface area contributed by atoms with E-state index in [0.29, 0.717) is 23.8 Å². The molecule has 1 aliphatic rings. The average molecular weight is 534 g/mol. The first-order valence-corrected chi connectivity index (χ1v) is 14.8. The lowest BCUT2D eigenvalue weighted by Crippen LogP contribution is -2.41. The zero-order chi connectivity index (χ0) is 26.2. The quantitative estimate of drug-likeness (QED) is 0.291. The van der Waals surface area contributed by atoms with Gasteiger partial charge >= 0.3 is 0 Å². The Balaban J connectivity index is 1.48. The van der Waals surface area contributed by atoms with Gasteiger partial charge in [-0.05, 0) is 86.7 Å². The van der Waals surface area contributed by atoms with E-state index in [0.717, 1.165) is 40.6 Å². The molecule has 1 aliphatic heterocycles.